The van der Waals surface area contributed by atoms with Crippen molar-refractivity contribution in [2.45, 2.75) is 6.18 Å². The molecule has 0 aliphatic rings. The summed E-state index contributed by atoms with van der Waals surface area (Å²) in [7, 11) is 0. The number of nitrogens with zero attached hydrogens (tertiary/aromatic N) is 1. The van der Waals surface area contributed by atoms with Gasteiger partial charge in [-0.2, -0.15) is 13.2 Å². The van der Waals surface area contributed by atoms with Crippen molar-refractivity contribution in [3.05, 3.63) is 63.7 Å². The summed E-state index contributed by atoms with van der Waals surface area (Å²) in [6, 6.07) is 4.19. The molecule has 0 radical (unpaired) electrons. The molecule has 0 heterocycles. The van der Waals surface area contributed by atoms with E-state index in [-0.39, 0.29) is 11.4 Å². The predicted octanol–water partition coefficient (Wildman–Crippen LogP) is 4.64. The maximum atomic E-state index is 13.5. The fourth-order valence-electron chi connectivity index (χ4n) is 1.70. The van der Waals surface area contributed by atoms with Crippen LogP contribution in [0.25, 0.3) is 0 Å². The SMILES string of the molecule is O=[N+]([O-])c1cc(C(F)(F)F)ccc1Nc1ccc(F)cc1F. The van der Waals surface area contributed by atoms with Crippen molar-refractivity contribution < 1.29 is 26.9 Å². The molecule has 1 N–H and O–H groups in total. The Morgan fingerprint density at radius 1 is 1.00 bits per heavy atom. The van der Waals surface area contributed by atoms with E-state index < -0.39 is 34.0 Å². The van der Waals surface area contributed by atoms with Gasteiger partial charge in [-0.3, -0.25) is 10.1 Å². The number of alkyl halides is 3. The largest absolute Gasteiger partial charge is 0.416 e. The number of benzene rings is 2. The first-order chi connectivity index (χ1) is 10.2. The topological polar surface area (TPSA) is 55.2 Å². The number of hydrogen-bond acceptors (Lipinski definition) is 3. The molecule has 2 aromatic carbocycles. The molecule has 0 unspecified atom stereocenters. The van der Waals surface area contributed by atoms with Crippen LogP contribution in [-0.4, -0.2) is 4.92 Å². The minimum absolute atomic E-state index is 0.302. The lowest BCUT2D eigenvalue weighted by atomic mass is 10.1. The smallest absolute Gasteiger partial charge is 0.348 e. The zero-order chi connectivity index (χ0) is 16.5. The van der Waals surface area contributed by atoms with Gasteiger partial charge in [0.2, 0.25) is 0 Å². The second-order valence-electron chi connectivity index (χ2n) is 4.24. The van der Waals surface area contributed by atoms with Gasteiger partial charge in [0.15, 0.2) is 0 Å². The van der Waals surface area contributed by atoms with Gasteiger partial charge in [0, 0.05) is 12.1 Å². The Morgan fingerprint density at radius 2 is 1.64 bits per heavy atom. The van der Waals surface area contributed by atoms with Gasteiger partial charge in [-0.25, -0.2) is 8.78 Å². The molecule has 4 nitrogen and oxygen atoms in total. The Hall–Kier alpha value is -2.71. The molecule has 0 spiro atoms. The summed E-state index contributed by atoms with van der Waals surface area (Å²) in [5.41, 5.74) is -2.73. The van der Waals surface area contributed by atoms with Gasteiger partial charge in [-0.1, -0.05) is 0 Å². The van der Waals surface area contributed by atoms with E-state index in [2.05, 4.69) is 5.32 Å². The first-order valence-corrected chi connectivity index (χ1v) is 5.76. The van der Waals surface area contributed by atoms with Crippen molar-refractivity contribution >= 4 is 17.1 Å². The number of rotatable bonds is 3. The van der Waals surface area contributed by atoms with E-state index in [0.717, 1.165) is 18.2 Å². The Kier molecular flexibility index (Phi) is 3.98. The third kappa shape index (κ3) is 3.30. The molecular weight excluding hydrogens is 311 g/mol. The zero-order valence-electron chi connectivity index (χ0n) is 10.6. The number of hydrogen-bond donors (Lipinski definition) is 1. The number of nitro benzene ring substituents is 1. The van der Waals surface area contributed by atoms with Gasteiger partial charge in [0.25, 0.3) is 5.69 Å². The summed E-state index contributed by atoms with van der Waals surface area (Å²) in [5.74, 6) is -1.89. The van der Waals surface area contributed by atoms with Gasteiger partial charge in [-0.05, 0) is 24.3 Å². The molecule has 0 atom stereocenters. The van der Waals surface area contributed by atoms with Crippen LogP contribution in [0.1, 0.15) is 5.56 Å². The minimum Gasteiger partial charge on any atom is -0.348 e. The fraction of sp³-hybridized carbons (Fsp3) is 0.0769. The molecule has 0 aliphatic carbocycles. The molecule has 0 aromatic heterocycles. The van der Waals surface area contributed by atoms with E-state index in [4.69, 9.17) is 0 Å². The fourth-order valence-corrected chi connectivity index (χ4v) is 1.70. The highest BCUT2D eigenvalue weighted by Gasteiger charge is 2.33. The number of anilines is 2. The summed E-state index contributed by atoms with van der Waals surface area (Å²) >= 11 is 0. The molecular formula is C13H7F5N2O2. The lowest BCUT2D eigenvalue weighted by Gasteiger charge is -2.11. The molecule has 0 bridgehead atoms. The van der Waals surface area contributed by atoms with Gasteiger partial charge in [0.05, 0.1) is 16.2 Å². The molecule has 0 saturated heterocycles. The van der Waals surface area contributed by atoms with Gasteiger partial charge in [0.1, 0.15) is 17.3 Å². The Morgan fingerprint density at radius 3 is 2.18 bits per heavy atom. The quantitative estimate of drug-likeness (QED) is 0.510. The second-order valence-corrected chi connectivity index (χ2v) is 4.24. The minimum atomic E-state index is -4.75. The molecule has 9 heteroatoms. The summed E-state index contributed by atoms with van der Waals surface area (Å²) in [6.07, 6.45) is -4.75. The third-order valence-electron chi connectivity index (χ3n) is 2.72. The van der Waals surface area contributed by atoms with Crippen LogP contribution in [0.15, 0.2) is 36.4 Å². The van der Waals surface area contributed by atoms with E-state index in [1.807, 2.05) is 0 Å². The van der Waals surface area contributed by atoms with E-state index in [1.54, 1.807) is 0 Å². The van der Waals surface area contributed by atoms with E-state index in [1.165, 1.54) is 0 Å². The zero-order valence-corrected chi connectivity index (χ0v) is 10.6. The monoisotopic (exact) mass is 318 g/mol. The number of halogens is 5. The van der Waals surface area contributed by atoms with Gasteiger partial charge >= 0.3 is 6.18 Å². The van der Waals surface area contributed by atoms with Crippen LogP contribution in [0.3, 0.4) is 0 Å². The van der Waals surface area contributed by atoms with E-state index in [9.17, 15) is 32.1 Å². The van der Waals surface area contributed by atoms with E-state index >= 15 is 0 Å². The van der Waals surface area contributed by atoms with Crippen LogP contribution in [0.5, 0.6) is 0 Å². The first-order valence-electron chi connectivity index (χ1n) is 5.76. The summed E-state index contributed by atoms with van der Waals surface area (Å²) in [4.78, 5) is 9.85. The molecule has 22 heavy (non-hydrogen) atoms. The maximum Gasteiger partial charge on any atom is 0.416 e. The van der Waals surface area contributed by atoms with Crippen molar-refractivity contribution in [1.29, 1.82) is 0 Å². The standard InChI is InChI=1S/C13H7F5N2O2/c14-8-2-4-10(9(15)6-8)19-11-3-1-7(13(16,17)18)5-12(11)20(21)22/h1-6,19H. The van der Waals surface area contributed by atoms with Crippen LogP contribution in [0.4, 0.5) is 39.0 Å². The predicted molar refractivity (Wildman–Crippen MR) is 67.7 cm³/mol. The van der Waals surface area contributed by atoms with Crippen LogP contribution >= 0.6 is 0 Å². The highest BCUT2D eigenvalue weighted by atomic mass is 19.4. The number of nitro groups is 1. The number of nitrogens with one attached hydrogen (secondary N) is 1. The Labute approximate surface area is 120 Å². The molecule has 2 aromatic rings. The van der Waals surface area contributed by atoms with Crippen molar-refractivity contribution in [3.8, 4) is 0 Å². The Balaban J connectivity index is 2.44. The average Bonchev–Trinajstić information content (AvgIpc) is 2.40. The normalized spacial score (nSPS) is 11.3. The van der Waals surface area contributed by atoms with Gasteiger partial charge < -0.3 is 5.32 Å². The van der Waals surface area contributed by atoms with Crippen LogP contribution in [-0.2, 0) is 6.18 Å². The van der Waals surface area contributed by atoms with Crippen LogP contribution < -0.4 is 5.32 Å². The molecule has 0 aliphatic heterocycles. The highest BCUT2D eigenvalue weighted by Crippen LogP contribution is 2.36. The van der Waals surface area contributed by atoms with Crippen molar-refractivity contribution in [3.63, 3.8) is 0 Å². The Bertz CT molecular complexity index is 731. The summed E-state index contributed by atoms with van der Waals surface area (Å²) in [6.45, 7) is 0. The lowest BCUT2D eigenvalue weighted by molar-refractivity contribution is -0.384. The molecule has 0 amide bonds. The summed E-state index contributed by atoms with van der Waals surface area (Å²) < 4.78 is 63.9. The van der Waals surface area contributed by atoms with Crippen molar-refractivity contribution in [2.24, 2.45) is 0 Å². The second kappa shape index (κ2) is 5.58. The van der Waals surface area contributed by atoms with Crippen LogP contribution in [0.2, 0.25) is 0 Å². The van der Waals surface area contributed by atoms with Crippen molar-refractivity contribution in [1.82, 2.24) is 0 Å². The van der Waals surface area contributed by atoms with Crippen LogP contribution in [0, 0.1) is 21.7 Å². The highest BCUT2D eigenvalue weighted by molar-refractivity contribution is 5.70. The summed E-state index contributed by atoms with van der Waals surface area (Å²) in [5, 5.41) is 13.2. The average molecular weight is 318 g/mol. The molecule has 0 saturated carbocycles. The van der Waals surface area contributed by atoms with Gasteiger partial charge in [-0.15, -0.1) is 0 Å². The molecule has 0 fully saturated rings. The van der Waals surface area contributed by atoms with E-state index in [0.29, 0.717) is 18.2 Å². The first kappa shape index (κ1) is 15.7. The molecule has 116 valence electrons. The maximum absolute atomic E-state index is 13.5. The lowest BCUT2D eigenvalue weighted by Crippen LogP contribution is -2.07. The molecule has 2 rings (SSSR count). The third-order valence-corrected chi connectivity index (χ3v) is 2.72. The van der Waals surface area contributed by atoms with Crippen molar-refractivity contribution in [2.75, 3.05) is 5.32 Å².